The number of allylic oxidation sites excluding steroid dienone is 16. The van der Waals surface area contributed by atoms with Crippen LogP contribution >= 0.6 is 0 Å². The quantitative estimate of drug-likeness (QED) is 0.240. The molecular weight excluding hydrogens is 681 g/mol. The molecule has 10 aliphatic rings. The number of ether oxygens (including phenoxy) is 2. The van der Waals surface area contributed by atoms with Crippen molar-refractivity contribution in [1.82, 2.24) is 19.6 Å². The van der Waals surface area contributed by atoms with E-state index in [0.717, 1.165) is 60.1 Å². The maximum absolute atomic E-state index is 5.57. The molecule has 0 aromatic carbocycles. The van der Waals surface area contributed by atoms with Gasteiger partial charge in [-0.3, -0.25) is 9.98 Å². The van der Waals surface area contributed by atoms with Crippen molar-refractivity contribution in [3.05, 3.63) is 155 Å². The van der Waals surface area contributed by atoms with Crippen LogP contribution in [0.15, 0.2) is 165 Å². The van der Waals surface area contributed by atoms with Crippen LogP contribution in [0.3, 0.4) is 0 Å². The minimum atomic E-state index is 0.226. The number of aliphatic imine (C=N–C) groups is 2. The molecule has 0 aromatic heterocycles. The molecule has 8 nitrogen and oxygen atoms in total. The number of nitrogens with zero attached hydrogens (tertiary/aromatic N) is 6. The Labute approximate surface area is 326 Å². The van der Waals surface area contributed by atoms with Crippen LogP contribution in [0.4, 0.5) is 0 Å². The second-order valence-corrected chi connectivity index (χ2v) is 16.4. The molecule has 0 radical (unpaired) electrons. The van der Waals surface area contributed by atoms with Gasteiger partial charge in [-0.15, -0.1) is 0 Å². The Hall–Kier alpha value is -5.08. The minimum absolute atomic E-state index is 0.226. The fraction of sp³-hybridized carbons (Fsp3) is 0.404. The number of rotatable bonds is 9. The minimum Gasteiger partial charge on any atom is -0.497 e. The van der Waals surface area contributed by atoms with Gasteiger partial charge in [-0.2, -0.15) is 0 Å². The first-order valence-corrected chi connectivity index (χ1v) is 20.5. The van der Waals surface area contributed by atoms with Crippen LogP contribution in [-0.2, 0) is 9.47 Å². The zero-order chi connectivity index (χ0) is 36.9. The maximum atomic E-state index is 5.57. The highest BCUT2D eigenvalue weighted by molar-refractivity contribution is 6.04. The van der Waals surface area contributed by atoms with Gasteiger partial charge in [-0.25, -0.2) is 0 Å². The average molecular weight is 733 g/mol. The van der Waals surface area contributed by atoms with Crippen molar-refractivity contribution in [2.75, 3.05) is 53.5 Å². The van der Waals surface area contributed by atoms with Crippen molar-refractivity contribution in [3.63, 3.8) is 0 Å². The van der Waals surface area contributed by atoms with E-state index in [1.54, 1.807) is 14.2 Å². The van der Waals surface area contributed by atoms with E-state index in [9.17, 15) is 0 Å². The molecule has 2 saturated heterocycles. The number of hydrogen-bond acceptors (Lipinski definition) is 8. The van der Waals surface area contributed by atoms with Crippen LogP contribution in [0.2, 0.25) is 0 Å². The summed E-state index contributed by atoms with van der Waals surface area (Å²) in [5.41, 5.74) is 9.90. The summed E-state index contributed by atoms with van der Waals surface area (Å²) in [6.45, 7) is 7.00. The van der Waals surface area contributed by atoms with Crippen molar-refractivity contribution in [2.45, 2.75) is 32.1 Å². The molecule has 8 heteroatoms. The van der Waals surface area contributed by atoms with Crippen LogP contribution in [0.25, 0.3) is 0 Å². The molecule has 282 valence electrons. The monoisotopic (exact) mass is 732 g/mol. The third-order valence-corrected chi connectivity index (χ3v) is 13.4. The zero-order valence-corrected chi connectivity index (χ0v) is 32.1. The van der Waals surface area contributed by atoms with Gasteiger partial charge in [0.15, 0.2) is 0 Å². The lowest BCUT2D eigenvalue weighted by molar-refractivity contribution is 0.109. The Morgan fingerprint density at radius 2 is 1.22 bits per heavy atom. The topological polar surface area (TPSA) is 56.1 Å². The van der Waals surface area contributed by atoms with E-state index in [1.807, 2.05) is 12.2 Å². The molecule has 4 aliphatic carbocycles. The molecule has 55 heavy (non-hydrogen) atoms. The zero-order valence-electron chi connectivity index (χ0n) is 32.1. The van der Waals surface area contributed by atoms with Crippen LogP contribution in [0.5, 0.6) is 0 Å². The van der Waals surface area contributed by atoms with Gasteiger partial charge in [0.05, 0.1) is 14.2 Å². The Kier molecular flexibility index (Phi) is 9.09. The lowest BCUT2D eigenvalue weighted by Gasteiger charge is -2.40. The second kappa shape index (κ2) is 14.5. The number of fused-ring (bicyclic) bond motifs is 10. The van der Waals surface area contributed by atoms with E-state index in [2.05, 4.69) is 118 Å². The molecule has 6 heterocycles. The summed E-state index contributed by atoms with van der Waals surface area (Å²) in [5, 5.41) is 0. The summed E-state index contributed by atoms with van der Waals surface area (Å²) in [5.74, 6) is 4.55. The van der Waals surface area contributed by atoms with Crippen molar-refractivity contribution < 1.29 is 9.47 Å². The lowest BCUT2D eigenvalue weighted by atomic mass is 9.76. The summed E-state index contributed by atoms with van der Waals surface area (Å²) in [6.07, 6.45) is 46.3. The van der Waals surface area contributed by atoms with Gasteiger partial charge < -0.3 is 29.1 Å². The molecular formula is C47H52N6O2. The summed E-state index contributed by atoms with van der Waals surface area (Å²) in [4.78, 5) is 19.8. The first-order valence-electron chi connectivity index (χ1n) is 20.5. The Bertz CT molecular complexity index is 2080. The third-order valence-electron chi connectivity index (χ3n) is 13.4. The predicted molar refractivity (Wildman–Crippen MR) is 220 cm³/mol. The molecule has 0 amide bonds. The summed E-state index contributed by atoms with van der Waals surface area (Å²) < 4.78 is 11.1. The van der Waals surface area contributed by atoms with E-state index in [-0.39, 0.29) is 23.7 Å². The first kappa shape index (κ1) is 34.4. The van der Waals surface area contributed by atoms with E-state index in [4.69, 9.17) is 19.5 Å². The molecule has 0 aromatic rings. The number of likely N-dealkylation sites (tertiary alicyclic amines) is 2. The van der Waals surface area contributed by atoms with Gasteiger partial charge in [-0.05, 0) is 147 Å². The van der Waals surface area contributed by atoms with Crippen LogP contribution < -0.4 is 0 Å². The van der Waals surface area contributed by atoms with E-state index in [0.29, 0.717) is 0 Å². The van der Waals surface area contributed by atoms with Crippen molar-refractivity contribution >= 4 is 11.4 Å². The molecule has 4 atom stereocenters. The maximum Gasteiger partial charge on any atom is 0.115 e. The standard InChI is InChI=1S/C47H52N6O2/c1-54-36-6-10-42-38(28-36)46-40-30-52(24-16-34(40)4-8-44(46)48-42)19-3-18-50-20-12-32(13-21-50)33-14-22-51(23-15-33)26-27-53-25-17-35-5-9-45-47(41(35)31-53)39-29-37(55-2)7-11-43(39)49-45/h4-11,16-17,24-33,38-39,46-47H,3,12-15,18-23H2,1-2H3/b27-26+. The predicted octanol–water partition coefficient (Wildman–Crippen LogP) is 7.92. The van der Waals surface area contributed by atoms with Crippen molar-refractivity contribution in [3.8, 4) is 0 Å². The number of piperidine rings is 2. The highest BCUT2D eigenvalue weighted by Gasteiger charge is 2.41. The molecule has 0 saturated carbocycles. The molecule has 0 spiro atoms. The first-order chi connectivity index (χ1) is 27.1. The van der Waals surface area contributed by atoms with Crippen molar-refractivity contribution in [2.24, 2.45) is 45.5 Å². The number of hydrogen-bond donors (Lipinski definition) is 0. The molecule has 2 fully saturated rings. The summed E-state index contributed by atoms with van der Waals surface area (Å²) >= 11 is 0. The van der Waals surface area contributed by atoms with Crippen molar-refractivity contribution in [1.29, 1.82) is 0 Å². The van der Waals surface area contributed by atoms with Gasteiger partial charge in [0.25, 0.3) is 0 Å². The molecule has 0 N–H and O–H groups in total. The average Bonchev–Trinajstić information content (AvgIpc) is 3.81. The van der Waals surface area contributed by atoms with Gasteiger partial charge in [0.2, 0.25) is 0 Å². The summed E-state index contributed by atoms with van der Waals surface area (Å²) in [7, 11) is 3.49. The summed E-state index contributed by atoms with van der Waals surface area (Å²) in [6, 6.07) is 0. The van der Waals surface area contributed by atoms with Gasteiger partial charge in [0, 0.05) is 103 Å². The Balaban J connectivity index is 0.674. The Morgan fingerprint density at radius 1 is 0.636 bits per heavy atom. The van der Waals surface area contributed by atoms with Crippen LogP contribution in [-0.4, -0.2) is 84.5 Å². The molecule has 6 aliphatic heterocycles. The fourth-order valence-electron chi connectivity index (χ4n) is 10.4. The normalized spacial score (nSPS) is 29.7. The van der Waals surface area contributed by atoms with Crippen LogP contribution in [0, 0.1) is 35.5 Å². The number of methoxy groups -OCH3 is 2. The smallest absolute Gasteiger partial charge is 0.115 e. The Morgan fingerprint density at radius 3 is 1.84 bits per heavy atom. The molecule has 0 bridgehead atoms. The largest absolute Gasteiger partial charge is 0.497 e. The van der Waals surface area contributed by atoms with Gasteiger partial charge >= 0.3 is 0 Å². The third kappa shape index (κ3) is 6.58. The van der Waals surface area contributed by atoms with E-state index >= 15 is 0 Å². The van der Waals surface area contributed by atoms with Gasteiger partial charge in [0.1, 0.15) is 11.5 Å². The van der Waals surface area contributed by atoms with E-state index in [1.165, 1.54) is 79.7 Å². The highest BCUT2D eigenvalue weighted by atomic mass is 16.5. The van der Waals surface area contributed by atoms with Crippen LogP contribution in [0.1, 0.15) is 32.1 Å². The van der Waals surface area contributed by atoms with Gasteiger partial charge in [-0.1, -0.05) is 12.2 Å². The molecule has 10 rings (SSSR count). The van der Waals surface area contributed by atoms with E-state index < -0.39 is 0 Å². The lowest BCUT2D eigenvalue weighted by Crippen LogP contribution is -2.40. The molecule has 4 unspecified atom stereocenters. The highest BCUT2D eigenvalue weighted by Crippen LogP contribution is 2.47. The second-order valence-electron chi connectivity index (χ2n) is 16.4. The fourth-order valence-corrected chi connectivity index (χ4v) is 10.4. The SMILES string of the molecule is COC1=CC2C(=NC3=CC=C4C=CN(/C=C/N5CCC(C6CCN(CCCN7C=CC8=CC=C9N=C%10C=CC(OC)=CC%10C9C8=C7)CC6)CC5)C=C4C32)C=C1.